The van der Waals surface area contributed by atoms with Crippen molar-refractivity contribution in [3.8, 4) is 0 Å². The normalized spacial score (nSPS) is 10.9. The number of nitrogens with zero attached hydrogens (tertiary/aromatic N) is 1. The van der Waals surface area contributed by atoms with Crippen molar-refractivity contribution >= 4 is 29.5 Å². The number of hydrogen-bond donors (Lipinski definition) is 2. The Morgan fingerprint density at radius 2 is 2.25 bits per heavy atom. The molecule has 0 amide bonds. The van der Waals surface area contributed by atoms with Crippen LogP contribution in [-0.2, 0) is 12.3 Å². The van der Waals surface area contributed by atoms with E-state index in [1.54, 1.807) is 12.1 Å². The lowest BCUT2D eigenvalue weighted by Gasteiger charge is -2.03. The van der Waals surface area contributed by atoms with Gasteiger partial charge < -0.3 is 9.67 Å². The molecule has 0 aliphatic carbocycles. The zero-order valence-electron chi connectivity index (χ0n) is 8.97. The first-order valence-corrected chi connectivity index (χ1v) is 5.77. The van der Waals surface area contributed by atoms with Gasteiger partial charge in [0, 0.05) is 23.9 Å². The van der Waals surface area contributed by atoms with E-state index >= 15 is 0 Å². The smallest absolute Gasteiger partial charge is 0.337 e. The molecule has 1 heterocycles. The highest BCUT2D eigenvalue weighted by Crippen LogP contribution is 2.26. The van der Waals surface area contributed by atoms with E-state index in [1.807, 2.05) is 23.8 Å². The van der Waals surface area contributed by atoms with E-state index in [0.29, 0.717) is 11.3 Å². The topological polar surface area (TPSA) is 42.2 Å². The molecule has 84 valence electrons. The Hall–Kier alpha value is -1.42. The van der Waals surface area contributed by atoms with E-state index in [4.69, 9.17) is 5.11 Å². The summed E-state index contributed by atoms with van der Waals surface area (Å²) in [4.78, 5) is 11.1. The lowest BCUT2D eigenvalue weighted by Crippen LogP contribution is -2.01. The quantitative estimate of drug-likeness (QED) is 0.803. The fourth-order valence-corrected chi connectivity index (χ4v) is 2.23. The number of para-hydroxylation sites is 1. The number of benzene rings is 1. The molecule has 0 saturated heterocycles. The number of hydrogen-bond acceptors (Lipinski definition) is 2. The molecule has 0 saturated carbocycles. The van der Waals surface area contributed by atoms with E-state index in [2.05, 4.69) is 12.6 Å². The molecule has 1 aromatic heterocycles. The predicted molar refractivity (Wildman–Crippen MR) is 67.3 cm³/mol. The molecule has 0 bridgehead atoms. The fraction of sp³-hybridized carbons (Fsp3) is 0.250. The van der Waals surface area contributed by atoms with E-state index in [9.17, 15) is 4.79 Å². The molecular weight excluding hydrogens is 222 g/mol. The first-order chi connectivity index (χ1) is 7.69. The SMILES string of the molecule is CCn1cc(CS)c2cccc(C(=O)O)c21. The maximum Gasteiger partial charge on any atom is 0.337 e. The molecule has 0 spiro atoms. The summed E-state index contributed by atoms with van der Waals surface area (Å²) in [5.74, 6) is -0.267. The molecule has 4 heteroatoms. The van der Waals surface area contributed by atoms with Crippen molar-refractivity contribution in [1.82, 2.24) is 4.57 Å². The average molecular weight is 235 g/mol. The van der Waals surface area contributed by atoms with Gasteiger partial charge in [-0.25, -0.2) is 4.79 Å². The summed E-state index contributed by atoms with van der Waals surface area (Å²) in [6, 6.07) is 5.36. The molecule has 0 fully saturated rings. The summed E-state index contributed by atoms with van der Waals surface area (Å²) in [5.41, 5.74) is 2.22. The van der Waals surface area contributed by atoms with Gasteiger partial charge in [0.25, 0.3) is 0 Å². The van der Waals surface area contributed by atoms with Crippen molar-refractivity contribution in [3.05, 3.63) is 35.5 Å². The first kappa shape index (κ1) is 11.1. The van der Waals surface area contributed by atoms with Crippen molar-refractivity contribution in [2.45, 2.75) is 19.2 Å². The summed E-state index contributed by atoms with van der Waals surface area (Å²) in [7, 11) is 0. The number of aromatic carboxylic acids is 1. The Morgan fingerprint density at radius 3 is 2.81 bits per heavy atom. The van der Waals surface area contributed by atoms with Crippen molar-refractivity contribution in [2.24, 2.45) is 0 Å². The number of fused-ring (bicyclic) bond motifs is 1. The summed E-state index contributed by atoms with van der Waals surface area (Å²) in [6.07, 6.45) is 1.98. The van der Waals surface area contributed by atoms with Gasteiger partial charge >= 0.3 is 5.97 Å². The Balaban J connectivity index is 2.84. The standard InChI is InChI=1S/C12H13NO2S/c1-2-13-6-8(7-16)9-4-3-5-10(11(9)13)12(14)15/h3-6,16H,2,7H2,1H3,(H,14,15). The molecule has 16 heavy (non-hydrogen) atoms. The maximum absolute atomic E-state index is 11.1. The van der Waals surface area contributed by atoms with Crippen LogP contribution in [0.1, 0.15) is 22.8 Å². The minimum absolute atomic E-state index is 0.354. The zero-order valence-corrected chi connectivity index (χ0v) is 9.87. The van der Waals surface area contributed by atoms with Gasteiger partial charge in [-0.15, -0.1) is 0 Å². The molecule has 2 aromatic rings. The van der Waals surface area contributed by atoms with Crippen LogP contribution in [0.15, 0.2) is 24.4 Å². The van der Waals surface area contributed by atoms with E-state index < -0.39 is 5.97 Å². The third-order valence-corrected chi connectivity index (χ3v) is 3.06. The van der Waals surface area contributed by atoms with Gasteiger partial charge in [-0.2, -0.15) is 12.6 Å². The molecule has 3 nitrogen and oxygen atoms in total. The van der Waals surface area contributed by atoms with Gasteiger partial charge in [0.15, 0.2) is 0 Å². The van der Waals surface area contributed by atoms with Crippen LogP contribution < -0.4 is 0 Å². The number of thiol groups is 1. The van der Waals surface area contributed by atoms with Crippen LogP contribution >= 0.6 is 12.6 Å². The monoisotopic (exact) mass is 235 g/mol. The Bertz CT molecular complexity index is 545. The van der Waals surface area contributed by atoms with Crippen LogP contribution in [0.2, 0.25) is 0 Å². The van der Waals surface area contributed by atoms with E-state index in [0.717, 1.165) is 23.0 Å². The highest BCUT2D eigenvalue weighted by atomic mass is 32.1. The number of rotatable bonds is 3. The van der Waals surface area contributed by atoms with Crippen molar-refractivity contribution in [2.75, 3.05) is 0 Å². The molecule has 0 aliphatic heterocycles. The number of aryl methyl sites for hydroxylation is 1. The molecular formula is C12H13NO2S. The third-order valence-electron chi connectivity index (χ3n) is 2.72. The molecule has 2 rings (SSSR count). The summed E-state index contributed by atoms with van der Waals surface area (Å²) in [6.45, 7) is 2.76. The van der Waals surface area contributed by atoms with Gasteiger partial charge in [-0.3, -0.25) is 0 Å². The second-order valence-electron chi connectivity index (χ2n) is 3.61. The molecule has 0 atom stereocenters. The van der Waals surface area contributed by atoms with Crippen molar-refractivity contribution in [1.29, 1.82) is 0 Å². The Morgan fingerprint density at radius 1 is 1.50 bits per heavy atom. The Labute approximate surface area is 99.1 Å². The Kier molecular flexibility index (Phi) is 2.92. The molecule has 0 radical (unpaired) electrons. The van der Waals surface area contributed by atoms with Gasteiger partial charge in [-0.05, 0) is 18.6 Å². The number of carboxylic acids is 1. The minimum atomic E-state index is -0.885. The molecule has 0 aliphatic rings. The number of aromatic nitrogens is 1. The largest absolute Gasteiger partial charge is 0.478 e. The summed E-state index contributed by atoms with van der Waals surface area (Å²) in [5, 5.41) is 10.1. The lowest BCUT2D eigenvalue weighted by atomic mass is 10.1. The van der Waals surface area contributed by atoms with Gasteiger partial charge in [0.05, 0.1) is 11.1 Å². The third kappa shape index (κ3) is 1.59. The second-order valence-corrected chi connectivity index (χ2v) is 3.92. The van der Waals surface area contributed by atoms with Crippen LogP contribution in [0.4, 0.5) is 0 Å². The van der Waals surface area contributed by atoms with Crippen LogP contribution in [-0.4, -0.2) is 15.6 Å². The predicted octanol–water partition coefficient (Wildman–Crippen LogP) is 2.79. The maximum atomic E-state index is 11.1. The number of carbonyl (C=O) groups is 1. The molecule has 1 N–H and O–H groups in total. The van der Waals surface area contributed by atoms with Gasteiger partial charge in [0.2, 0.25) is 0 Å². The number of carboxylic acid groups (broad SMARTS) is 1. The van der Waals surface area contributed by atoms with E-state index in [-0.39, 0.29) is 0 Å². The van der Waals surface area contributed by atoms with Gasteiger partial charge in [0.1, 0.15) is 0 Å². The molecule has 1 aromatic carbocycles. The van der Waals surface area contributed by atoms with Crippen LogP contribution in [0.3, 0.4) is 0 Å². The van der Waals surface area contributed by atoms with Gasteiger partial charge in [-0.1, -0.05) is 12.1 Å². The van der Waals surface area contributed by atoms with Crippen molar-refractivity contribution in [3.63, 3.8) is 0 Å². The van der Waals surface area contributed by atoms with Crippen LogP contribution in [0.25, 0.3) is 10.9 Å². The van der Waals surface area contributed by atoms with Crippen LogP contribution in [0.5, 0.6) is 0 Å². The first-order valence-electron chi connectivity index (χ1n) is 5.14. The minimum Gasteiger partial charge on any atom is -0.478 e. The lowest BCUT2D eigenvalue weighted by molar-refractivity contribution is 0.0698. The summed E-state index contributed by atoms with van der Waals surface area (Å²) >= 11 is 4.26. The fourth-order valence-electron chi connectivity index (χ4n) is 1.98. The zero-order chi connectivity index (χ0) is 11.7. The highest BCUT2D eigenvalue weighted by Gasteiger charge is 2.14. The second kappa shape index (κ2) is 4.22. The highest BCUT2D eigenvalue weighted by molar-refractivity contribution is 7.79. The summed E-state index contributed by atoms with van der Waals surface area (Å²) < 4.78 is 1.96. The van der Waals surface area contributed by atoms with Crippen molar-refractivity contribution < 1.29 is 9.90 Å². The van der Waals surface area contributed by atoms with Crippen LogP contribution in [0, 0.1) is 0 Å². The molecule has 0 unspecified atom stereocenters. The van der Waals surface area contributed by atoms with E-state index in [1.165, 1.54) is 0 Å². The average Bonchev–Trinajstić information content (AvgIpc) is 2.66.